The molecule has 5 nitrogen and oxygen atoms in total. The van der Waals surface area contributed by atoms with E-state index >= 15 is 0 Å². The molecule has 2 rings (SSSR count). The molecule has 0 unspecified atom stereocenters. The van der Waals surface area contributed by atoms with Gasteiger partial charge in [0.2, 0.25) is 5.91 Å². The van der Waals surface area contributed by atoms with Crippen LogP contribution in [0.15, 0.2) is 36.5 Å². The van der Waals surface area contributed by atoms with Gasteiger partial charge < -0.3 is 10.2 Å². The highest BCUT2D eigenvalue weighted by atomic mass is 16.2. The topological polar surface area (TPSA) is 62.3 Å². The summed E-state index contributed by atoms with van der Waals surface area (Å²) in [5, 5.41) is 3.51. The molecule has 0 aliphatic heterocycles. The number of nitrogens with one attached hydrogen (secondary N) is 1. The fourth-order valence-corrected chi connectivity index (χ4v) is 2.21. The number of aromatic nitrogens is 1. The van der Waals surface area contributed by atoms with Crippen molar-refractivity contribution >= 4 is 22.7 Å². The summed E-state index contributed by atoms with van der Waals surface area (Å²) in [5.74, 6) is -0.298. The van der Waals surface area contributed by atoms with Crippen molar-refractivity contribution in [2.24, 2.45) is 0 Å². The Labute approximate surface area is 124 Å². The van der Waals surface area contributed by atoms with E-state index < -0.39 is 0 Å². The lowest BCUT2D eigenvalue weighted by molar-refractivity contribution is -0.121. The van der Waals surface area contributed by atoms with Crippen LogP contribution in [0.2, 0.25) is 0 Å². The lowest BCUT2D eigenvalue weighted by Gasteiger charge is -2.21. The maximum atomic E-state index is 12.6. The van der Waals surface area contributed by atoms with Gasteiger partial charge in [-0.3, -0.25) is 14.6 Å². The van der Waals surface area contributed by atoms with Gasteiger partial charge in [0.05, 0.1) is 12.1 Å². The van der Waals surface area contributed by atoms with Gasteiger partial charge in [0.15, 0.2) is 0 Å². The summed E-state index contributed by atoms with van der Waals surface area (Å²) in [6, 6.07) is 9.12. The Hall–Kier alpha value is -2.43. The van der Waals surface area contributed by atoms with Crippen LogP contribution in [-0.2, 0) is 4.79 Å². The van der Waals surface area contributed by atoms with Crippen LogP contribution in [0.4, 0.5) is 0 Å². The molecule has 1 heterocycles. The number of hydrogen-bond donors (Lipinski definition) is 1. The molecule has 0 saturated heterocycles. The summed E-state index contributed by atoms with van der Waals surface area (Å²) in [7, 11) is 0. The smallest absolute Gasteiger partial charge is 0.254 e. The molecule has 0 aliphatic rings. The van der Waals surface area contributed by atoms with E-state index in [1.54, 1.807) is 18.3 Å². The van der Waals surface area contributed by atoms with Crippen LogP contribution >= 0.6 is 0 Å². The second-order valence-corrected chi connectivity index (χ2v) is 4.65. The highest BCUT2D eigenvalue weighted by Crippen LogP contribution is 2.18. The van der Waals surface area contributed by atoms with Crippen LogP contribution in [0.5, 0.6) is 0 Å². The van der Waals surface area contributed by atoms with Gasteiger partial charge in [-0.2, -0.15) is 0 Å². The molecule has 1 aromatic carbocycles. The predicted molar refractivity (Wildman–Crippen MR) is 82.0 cm³/mol. The molecule has 1 N–H and O–H groups in total. The van der Waals surface area contributed by atoms with Crippen LogP contribution < -0.4 is 5.32 Å². The summed E-state index contributed by atoms with van der Waals surface area (Å²) in [5.41, 5.74) is 1.35. The average molecular weight is 285 g/mol. The standard InChI is InChI=1S/C16H19N3O2/c1-3-17-15(20)11-19(4-2)16(21)13-7-5-9-14-12(13)8-6-10-18-14/h5-10H,3-4,11H2,1-2H3,(H,17,20). The van der Waals surface area contributed by atoms with E-state index in [2.05, 4.69) is 10.3 Å². The predicted octanol–water partition coefficient (Wildman–Crippen LogP) is 1.83. The quantitative estimate of drug-likeness (QED) is 0.911. The summed E-state index contributed by atoms with van der Waals surface area (Å²) in [6.07, 6.45) is 1.70. The SMILES string of the molecule is CCNC(=O)CN(CC)C(=O)c1cccc2ncccc12. The first-order valence-corrected chi connectivity index (χ1v) is 7.07. The number of nitrogens with zero attached hydrogens (tertiary/aromatic N) is 2. The molecular formula is C16H19N3O2. The number of carbonyl (C=O) groups is 2. The summed E-state index contributed by atoms with van der Waals surface area (Å²) in [6.45, 7) is 4.82. The van der Waals surface area contributed by atoms with Gasteiger partial charge in [0.1, 0.15) is 0 Å². The van der Waals surface area contributed by atoms with Crippen molar-refractivity contribution < 1.29 is 9.59 Å². The number of fused-ring (bicyclic) bond motifs is 1. The third-order valence-corrected chi connectivity index (χ3v) is 3.25. The first-order chi connectivity index (χ1) is 10.2. The Kier molecular flexibility index (Phi) is 4.87. The molecule has 0 spiro atoms. The van der Waals surface area contributed by atoms with E-state index in [0.29, 0.717) is 18.7 Å². The van der Waals surface area contributed by atoms with Gasteiger partial charge in [-0.05, 0) is 32.0 Å². The van der Waals surface area contributed by atoms with Crippen LogP contribution in [0.3, 0.4) is 0 Å². The molecule has 2 amide bonds. The number of amides is 2. The van der Waals surface area contributed by atoms with Crippen molar-refractivity contribution in [3.05, 3.63) is 42.1 Å². The lowest BCUT2D eigenvalue weighted by atomic mass is 10.1. The Morgan fingerprint density at radius 1 is 1.19 bits per heavy atom. The Morgan fingerprint density at radius 3 is 2.71 bits per heavy atom. The Balaban J connectivity index is 2.29. The van der Waals surface area contributed by atoms with Crippen LogP contribution in [0.1, 0.15) is 24.2 Å². The third kappa shape index (κ3) is 3.37. The van der Waals surface area contributed by atoms with E-state index in [1.807, 2.05) is 32.0 Å². The molecule has 0 bridgehead atoms. The number of pyridine rings is 1. The van der Waals surface area contributed by atoms with Crippen LogP contribution in [0, 0.1) is 0 Å². The van der Waals surface area contributed by atoms with E-state index in [1.165, 1.54) is 4.90 Å². The van der Waals surface area contributed by atoms with E-state index in [-0.39, 0.29) is 18.4 Å². The monoisotopic (exact) mass is 285 g/mol. The van der Waals surface area contributed by atoms with Gasteiger partial charge in [-0.15, -0.1) is 0 Å². The van der Waals surface area contributed by atoms with Crippen molar-refractivity contribution in [2.75, 3.05) is 19.6 Å². The second-order valence-electron chi connectivity index (χ2n) is 4.65. The summed E-state index contributed by atoms with van der Waals surface area (Å²) >= 11 is 0. The van der Waals surface area contributed by atoms with Crippen molar-refractivity contribution in [3.63, 3.8) is 0 Å². The minimum absolute atomic E-state index is 0.0693. The minimum atomic E-state index is -0.151. The molecule has 0 fully saturated rings. The first-order valence-electron chi connectivity index (χ1n) is 7.07. The summed E-state index contributed by atoms with van der Waals surface area (Å²) < 4.78 is 0. The Morgan fingerprint density at radius 2 is 2.00 bits per heavy atom. The average Bonchev–Trinajstić information content (AvgIpc) is 2.51. The van der Waals surface area contributed by atoms with Crippen molar-refractivity contribution in [2.45, 2.75) is 13.8 Å². The number of rotatable bonds is 5. The maximum Gasteiger partial charge on any atom is 0.254 e. The normalized spacial score (nSPS) is 10.4. The zero-order valence-electron chi connectivity index (χ0n) is 12.3. The van der Waals surface area contributed by atoms with E-state index in [4.69, 9.17) is 0 Å². The van der Waals surface area contributed by atoms with Gasteiger partial charge in [-0.25, -0.2) is 0 Å². The van der Waals surface area contributed by atoms with Gasteiger partial charge >= 0.3 is 0 Å². The fourth-order valence-electron chi connectivity index (χ4n) is 2.21. The number of benzene rings is 1. The highest BCUT2D eigenvalue weighted by Gasteiger charge is 2.19. The van der Waals surface area contributed by atoms with Gasteiger partial charge in [-0.1, -0.05) is 12.1 Å². The molecule has 110 valence electrons. The maximum absolute atomic E-state index is 12.6. The number of carbonyl (C=O) groups excluding carboxylic acids is 2. The molecule has 5 heteroatoms. The number of likely N-dealkylation sites (N-methyl/N-ethyl adjacent to an activating group) is 2. The lowest BCUT2D eigenvalue weighted by Crippen LogP contribution is -2.40. The van der Waals surface area contributed by atoms with Crippen molar-refractivity contribution in [1.82, 2.24) is 15.2 Å². The highest BCUT2D eigenvalue weighted by molar-refractivity contribution is 6.06. The molecule has 0 aliphatic carbocycles. The zero-order valence-corrected chi connectivity index (χ0v) is 12.3. The van der Waals surface area contributed by atoms with E-state index in [0.717, 1.165) is 10.9 Å². The van der Waals surface area contributed by atoms with Gasteiger partial charge in [0, 0.05) is 30.2 Å². The molecule has 0 saturated carbocycles. The Bertz CT molecular complexity index is 650. The molecule has 2 aromatic rings. The zero-order chi connectivity index (χ0) is 15.2. The first kappa shape index (κ1) is 15.0. The third-order valence-electron chi connectivity index (χ3n) is 3.25. The molecule has 0 atom stereocenters. The second kappa shape index (κ2) is 6.83. The molecular weight excluding hydrogens is 266 g/mol. The van der Waals surface area contributed by atoms with Crippen LogP contribution in [0.25, 0.3) is 10.9 Å². The minimum Gasteiger partial charge on any atom is -0.355 e. The fraction of sp³-hybridized carbons (Fsp3) is 0.312. The van der Waals surface area contributed by atoms with Gasteiger partial charge in [0.25, 0.3) is 5.91 Å². The van der Waals surface area contributed by atoms with Crippen molar-refractivity contribution in [1.29, 1.82) is 0 Å². The van der Waals surface area contributed by atoms with Crippen LogP contribution in [-0.4, -0.2) is 41.3 Å². The molecule has 0 radical (unpaired) electrons. The molecule has 1 aromatic heterocycles. The number of hydrogen-bond acceptors (Lipinski definition) is 3. The largest absolute Gasteiger partial charge is 0.355 e. The van der Waals surface area contributed by atoms with Crippen molar-refractivity contribution in [3.8, 4) is 0 Å². The molecule has 21 heavy (non-hydrogen) atoms. The summed E-state index contributed by atoms with van der Waals surface area (Å²) in [4.78, 5) is 30.1. The van der Waals surface area contributed by atoms with E-state index in [9.17, 15) is 9.59 Å².